The number of aryl methyl sites for hydroxylation is 1. The number of pyridine rings is 1. The van der Waals surface area contributed by atoms with Crippen LogP contribution in [0.3, 0.4) is 0 Å². The molecule has 0 bridgehead atoms. The summed E-state index contributed by atoms with van der Waals surface area (Å²) >= 11 is 1.48. The Labute approximate surface area is 172 Å². The van der Waals surface area contributed by atoms with E-state index in [2.05, 4.69) is 21.6 Å². The molecule has 3 aromatic rings. The lowest BCUT2D eigenvalue weighted by atomic mass is 10.0. The summed E-state index contributed by atoms with van der Waals surface area (Å²) in [6.07, 6.45) is 1.48. The Morgan fingerprint density at radius 1 is 1.21 bits per heavy atom. The molecule has 0 radical (unpaired) electrons. The van der Waals surface area contributed by atoms with Crippen molar-refractivity contribution in [2.24, 2.45) is 7.05 Å². The molecule has 0 aliphatic carbocycles. The van der Waals surface area contributed by atoms with Gasteiger partial charge < -0.3 is 14.8 Å². The average molecular weight is 407 g/mol. The van der Waals surface area contributed by atoms with Gasteiger partial charge in [0.2, 0.25) is 0 Å². The fourth-order valence-electron chi connectivity index (χ4n) is 3.84. The van der Waals surface area contributed by atoms with Crippen molar-refractivity contribution in [1.29, 1.82) is 5.26 Å². The molecule has 1 saturated heterocycles. The van der Waals surface area contributed by atoms with Gasteiger partial charge in [0, 0.05) is 31.6 Å². The standard InChI is InChI=1S/C21H21N5O2S/c1-25-17-6-3-2-5-15(17)19(16(13-22)20(25)27)26-10-8-14(9-11-26)23-21(28)24-18-7-4-12-29-18/h2-7,12,14H,8-11H2,1H3,(H2,23,24,28). The Balaban J connectivity index is 1.52. The summed E-state index contributed by atoms with van der Waals surface area (Å²) in [5.41, 5.74) is 1.40. The van der Waals surface area contributed by atoms with Crippen molar-refractivity contribution in [3.8, 4) is 6.07 Å². The second kappa shape index (κ2) is 7.97. The molecule has 1 aromatic carbocycles. The van der Waals surface area contributed by atoms with Crippen LogP contribution >= 0.6 is 11.3 Å². The van der Waals surface area contributed by atoms with E-state index in [-0.39, 0.29) is 23.2 Å². The number of amides is 2. The van der Waals surface area contributed by atoms with E-state index in [4.69, 9.17) is 0 Å². The molecule has 7 nitrogen and oxygen atoms in total. The van der Waals surface area contributed by atoms with Gasteiger partial charge in [-0.2, -0.15) is 5.26 Å². The molecular weight excluding hydrogens is 386 g/mol. The molecule has 3 heterocycles. The minimum Gasteiger partial charge on any atom is -0.370 e. The Bertz CT molecular complexity index is 1140. The van der Waals surface area contributed by atoms with Crippen molar-refractivity contribution >= 4 is 39.0 Å². The zero-order valence-corrected chi connectivity index (χ0v) is 16.8. The fraction of sp³-hybridized carbons (Fsp3) is 0.286. The Kier molecular flexibility index (Phi) is 5.23. The number of piperidine rings is 1. The summed E-state index contributed by atoms with van der Waals surface area (Å²) < 4.78 is 1.53. The lowest BCUT2D eigenvalue weighted by Gasteiger charge is -2.35. The van der Waals surface area contributed by atoms with E-state index in [9.17, 15) is 14.9 Å². The maximum atomic E-state index is 12.7. The highest BCUT2D eigenvalue weighted by atomic mass is 32.1. The number of nitrogens with one attached hydrogen (secondary N) is 2. The van der Waals surface area contributed by atoms with Gasteiger partial charge in [-0.25, -0.2) is 4.79 Å². The molecule has 148 valence electrons. The van der Waals surface area contributed by atoms with Crippen molar-refractivity contribution in [3.63, 3.8) is 0 Å². The van der Waals surface area contributed by atoms with Gasteiger partial charge in [0.15, 0.2) is 0 Å². The topological polar surface area (TPSA) is 90.2 Å². The van der Waals surface area contributed by atoms with E-state index in [1.54, 1.807) is 7.05 Å². The SMILES string of the molecule is Cn1c(=O)c(C#N)c(N2CCC(NC(=O)Nc3cccs3)CC2)c2ccccc21. The number of hydrogen-bond donors (Lipinski definition) is 2. The van der Waals surface area contributed by atoms with Gasteiger partial charge in [-0.05, 0) is 36.4 Å². The van der Waals surface area contributed by atoms with Gasteiger partial charge >= 0.3 is 6.03 Å². The van der Waals surface area contributed by atoms with Crippen LogP contribution in [0.5, 0.6) is 0 Å². The van der Waals surface area contributed by atoms with E-state index < -0.39 is 0 Å². The van der Waals surface area contributed by atoms with Crippen LogP contribution in [-0.2, 0) is 7.05 Å². The summed E-state index contributed by atoms with van der Waals surface area (Å²) in [6, 6.07) is 13.3. The van der Waals surface area contributed by atoms with E-state index >= 15 is 0 Å². The maximum Gasteiger partial charge on any atom is 0.320 e. The molecule has 0 atom stereocenters. The number of fused-ring (bicyclic) bond motifs is 1. The number of nitriles is 1. The van der Waals surface area contributed by atoms with Crippen LogP contribution in [-0.4, -0.2) is 29.7 Å². The first-order valence-corrected chi connectivity index (χ1v) is 10.3. The number of carbonyl (C=O) groups is 1. The van der Waals surface area contributed by atoms with Crippen LogP contribution in [0.1, 0.15) is 18.4 Å². The number of urea groups is 1. The number of nitrogens with zero attached hydrogens (tertiary/aromatic N) is 3. The van der Waals surface area contributed by atoms with Gasteiger partial charge in [-0.15, -0.1) is 11.3 Å². The molecule has 8 heteroatoms. The third-order valence-corrected chi connectivity index (χ3v) is 6.08. The second-order valence-corrected chi connectivity index (χ2v) is 8.00. The van der Waals surface area contributed by atoms with Gasteiger partial charge in [0.25, 0.3) is 5.56 Å². The quantitative estimate of drug-likeness (QED) is 0.697. The number of hydrogen-bond acceptors (Lipinski definition) is 5. The maximum absolute atomic E-state index is 12.7. The predicted molar refractivity (Wildman–Crippen MR) is 116 cm³/mol. The lowest BCUT2D eigenvalue weighted by Crippen LogP contribution is -2.46. The largest absolute Gasteiger partial charge is 0.370 e. The summed E-state index contributed by atoms with van der Waals surface area (Å²) in [5, 5.41) is 19.1. The molecule has 0 unspecified atom stereocenters. The molecule has 1 aliphatic rings. The first-order valence-electron chi connectivity index (χ1n) is 9.46. The first kappa shape index (κ1) is 19.0. The monoisotopic (exact) mass is 407 g/mol. The number of rotatable bonds is 3. The summed E-state index contributed by atoms with van der Waals surface area (Å²) in [6.45, 7) is 1.32. The van der Waals surface area contributed by atoms with Crippen molar-refractivity contribution < 1.29 is 4.79 Å². The summed E-state index contributed by atoms with van der Waals surface area (Å²) in [7, 11) is 1.69. The van der Waals surface area contributed by atoms with E-state index in [1.165, 1.54) is 15.9 Å². The average Bonchev–Trinajstić information content (AvgIpc) is 3.24. The van der Waals surface area contributed by atoms with Crippen LogP contribution in [0.15, 0.2) is 46.6 Å². The van der Waals surface area contributed by atoms with Crippen molar-refractivity contribution in [3.05, 3.63) is 57.7 Å². The number of benzene rings is 1. The molecule has 1 aliphatic heterocycles. The summed E-state index contributed by atoms with van der Waals surface area (Å²) in [4.78, 5) is 27.0. The molecule has 29 heavy (non-hydrogen) atoms. The lowest BCUT2D eigenvalue weighted by molar-refractivity contribution is 0.246. The molecule has 4 rings (SSSR count). The molecule has 2 aromatic heterocycles. The predicted octanol–water partition coefficient (Wildman–Crippen LogP) is 3.26. The van der Waals surface area contributed by atoms with E-state index in [0.717, 1.165) is 28.7 Å². The molecule has 2 N–H and O–H groups in total. The van der Waals surface area contributed by atoms with E-state index in [1.807, 2.05) is 41.8 Å². The van der Waals surface area contributed by atoms with Crippen molar-refractivity contribution in [2.75, 3.05) is 23.3 Å². The number of anilines is 2. The number of carbonyl (C=O) groups excluding carboxylic acids is 1. The molecule has 1 fully saturated rings. The first-order chi connectivity index (χ1) is 14.1. The summed E-state index contributed by atoms with van der Waals surface area (Å²) in [5.74, 6) is 0. The number of thiophene rings is 1. The Hall–Kier alpha value is -3.31. The normalized spacial score (nSPS) is 14.6. The highest BCUT2D eigenvalue weighted by Gasteiger charge is 2.26. The zero-order valence-electron chi connectivity index (χ0n) is 16.0. The minimum atomic E-state index is -0.281. The second-order valence-electron chi connectivity index (χ2n) is 7.05. The zero-order chi connectivity index (χ0) is 20.4. The minimum absolute atomic E-state index is 0.0505. The molecule has 0 spiro atoms. The van der Waals surface area contributed by atoms with Gasteiger partial charge in [0.1, 0.15) is 11.6 Å². The highest BCUT2D eigenvalue weighted by molar-refractivity contribution is 7.14. The number of para-hydroxylation sites is 1. The molecular formula is C21H21N5O2S. The van der Waals surface area contributed by atoms with Gasteiger partial charge in [-0.1, -0.05) is 18.2 Å². The smallest absolute Gasteiger partial charge is 0.320 e. The Morgan fingerprint density at radius 3 is 2.66 bits per heavy atom. The van der Waals surface area contributed by atoms with Crippen molar-refractivity contribution in [2.45, 2.75) is 18.9 Å². The van der Waals surface area contributed by atoms with Crippen LogP contribution in [0.2, 0.25) is 0 Å². The van der Waals surface area contributed by atoms with Crippen LogP contribution in [0, 0.1) is 11.3 Å². The van der Waals surface area contributed by atoms with Crippen LogP contribution < -0.4 is 21.1 Å². The van der Waals surface area contributed by atoms with Gasteiger partial charge in [-0.3, -0.25) is 10.1 Å². The highest BCUT2D eigenvalue weighted by Crippen LogP contribution is 2.30. The molecule has 2 amide bonds. The van der Waals surface area contributed by atoms with Gasteiger partial charge in [0.05, 0.1) is 16.2 Å². The fourth-order valence-corrected chi connectivity index (χ4v) is 4.45. The third-order valence-electron chi connectivity index (χ3n) is 5.29. The Morgan fingerprint density at radius 2 is 1.97 bits per heavy atom. The third kappa shape index (κ3) is 3.69. The van der Waals surface area contributed by atoms with Crippen LogP contribution in [0.25, 0.3) is 10.9 Å². The number of aromatic nitrogens is 1. The molecule has 0 saturated carbocycles. The van der Waals surface area contributed by atoms with E-state index in [0.29, 0.717) is 18.8 Å². The van der Waals surface area contributed by atoms with Crippen LogP contribution in [0.4, 0.5) is 15.5 Å². The van der Waals surface area contributed by atoms with Crippen molar-refractivity contribution in [1.82, 2.24) is 9.88 Å².